The smallest absolute Gasteiger partial charge is 0.321 e. The van der Waals surface area contributed by atoms with Gasteiger partial charge >= 0.3 is 6.03 Å². The summed E-state index contributed by atoms with van der Waals surface area (Å²) in [7, 11) is 0. The second kappa shape index (κ2) is 6.74. The minimum Gasteiger partial charge on any atom is -0.336 e. The molecule has 2 aromatic carbocycles. The summed E-state index contributed by atoms with van der Waals surface area (Å²) in [6.45, 7) is 5.35. The van der Waals surface area contributed by atoms with Crippen LogP contribution in [0, 0.1) is 6.92 Å². The molecule has 3 amide bonds. The second-order valence-corrected chi connectivity index (χ2v) is 5.85. The molecule has 0 unspecified atom stereocenters. The highest BCUT2D eigenvalue weighted by atomic mass is 16.2. The Kier molecular flexibility index (Phi) is 4.51. The molecule has 1 aliphatic rings. The zero-order valence-corrected chi connectivity index (χ0v) is 13.9. The number of para-hydroxylation sites is 1. The van der Waals surface area contributed by atoms with Gasteiger partial charge < -0.3 is 10.6 Å². The maximum absolute atomic E-state index is 12.5. The summed E-state index contributed by atoms with van der Waals surface area (Å²) in [5, 5.41) is 5.78. The first-order chi connectivity index (χ1) is 11.6. The number of hydrogen-bond acceptors (Lipinski definition) is 2. The van der Waals surface area contributed by atoms with Crippen molar-refractivity contribution in [3.8, 4) is 0 Å². The maximum Gasteiger partial charge on any atom is 0.321 e. The minimum absolute atomic E-state index is 0.0975. The van der Waals surface area contributed by atoms with E-state index in [2.05, 4.69) is 17.6 Å². The number of benzene rings is 2. The fourth-order valence-electron chi connectivity index (χ4n) is 2.90. The molecule has 5 nitrogen and oxygen atoms in total. The zero-order chi connectivity index (χ0) is 17.1. The lowest BCUT2D eigenvalue weighted by Gasteiger charge is -2.15. The van der Waals surface area contributed by atoms with E-state index in [1.165, 1.54) is 0 Å². The third-order valence-corrected chi connectivity index (χ3v) is 4.28. The Labute approximate surface area is 141 Å². The summed E-state index contributed by atoms with van der Waals surface area (Å²) in [5.41, 5.74) is 4.42. The Hall–Kier alpha value is -2.82. The summed E-state index contributed by atoms with van der Waals surface area (Å²) < 4.78 is 0. The van der Waals surface area contributed by atoms with Crippen LogP contribution < -0.4 is 15.5 Å². The van der Waals surface area contributed by atoms with Gasteiger partial charge in [0.25, 0.3) is 5.91 Å². The Morgan fingerprint density at radius 1 is 1.21 bits per heavy atom. The summed E-state index contributed by atoms with van der Waals surface area (Å²) in [5.74, 6) is -0.142. The highest BCUT2D eigenvalue weighted by molar-refractivity contribution is 6.05. The largest absolute Gasteiger partial charge is 0.336 e. The summed E-state index contributed by atoms with van der Waals surface area (Å²) in [4.78, 5) is 25.9. The number of urea groups is 1. The van der Waals surface area contributed by atoms with Crippen molar-refractivity contribution < 1.29 is 9.59 Å². The number of anilines is 2. The predicted octanol–water partition coefficient (Wildman–Crippen LogP) is 3.34. The lowest BCUT2D eigenvalue weighted by Crippen LogP contribution is -2.27. The van der Waals surface area contributed by atoms with Crippen LogP contribution in [0.5, 0.6) is 0 Å². The molecule has 0 aliphatic carbocycles. The van der Waals surface area contributed by atoms with Gasteiger partial charge in [-0.1, -0.05) is 25.1 Å². The Morgan fingerprint density at radius 2 is 1.96 bits per heavy atom. The number of rotatable bonds is 4. The predicted molar refractivity (Wildman–Crippen MR) is 95.7 cm³/mol. The molecule has 1 heterocycles. The van der Waals surface area contributed by atoms with E-state index >= 15 is 0 Å². The Bertz CT molecular complexity index is 769. The molecular weight excluding hydrogens is 302 g/mol. The number of hydrogen-bond donors (Lipinski definition) is 2. The van der Waals surface area contributed by atoms with E-state index in [-0.39, 0.29) is 11.9 Å². The number of carbonyl (C=O) groups excluding carboxylic acids is 2. The third-order valence-electron chi connectivity index (χ3n) is 4.28. The molecule has 0 aromatic heterocycles. The number of nitrogens with zero attached hydrogens (tertiary/aromatic N) is 1. The van der Waals surface area contributed by atoms with E-state index in [1.54, 1.807) is 29.2 Å². The quantitative estimate of drug-likeness (QED) is 0.906. The molecule has 2 aromatic rings. The molecule has 0 atom stereocenters. The number of nitrogens with one attached hydrogen (secondary N) is 2. The highest BCUT2D eigenvalue weighted by Gasteiger charge is 2.21. The van der Waals surface area contributed by atoms with Crippen LogP contribution in [0.2, 0.25) is 0 Å². The molecule has 24 heavy (non-hydrogen) atoms. The van der Waals surface area contributed by atoms with Crippen molar-refractivity contribution in [2.45, 2.75) is 20.3 Å². The van der Waals surface area contributed by atoms with E-state index in [0.717, 1.165) is 28.9 Å². The van der Waals surface area contributed by atoms with Crippen LogP contribution in [-0.4, -0.2) is 25.0 Å². The first-order valence-corrected chi connectivity index (χ1v) is 8.15. The fraction of sp³-hybridized carbons (Fsp3) is 0.263. The van der Waals surface area contributed by atoms with Gasteiger partial charge in [0, 0.05) is 30.0 Å². The van der Waals surface area contributed by atoms with Gasteiger partial charge in [0.1, 0.15) is 0 Å². The van der Waals surface area contributed by atoms with E-state index in [9.17, 15) is 9.59 Å². The van der Waals surface area contributed by atoms with Crippen LogP contribution in [-0.2, 0) is 6.42 Å². The van der Waals surface area contributed by atoms with Crippen LogP contribution >= 0.6 is 0 Å². The van der Waals surface area contributed by atoms with Crippen molar-refractivity contribution in [3.63, 3.8) is 0 Å². The van der Waals surface area contributed by atoms with E-state index in [0.29, 0.717) is 18.7 Å². The normalized spacial score (nSPS) is 13.8. The van der Waals surface area contributed by atoms with Crippen molar-refractivity contribution in [2.24, 2.45) is 0 Å². The van der Waals surface area contributed by atoms with Crippen LogP contribution in [0.4, 0.5) is 16.2 Å². The number of aryl methyl sites for hydroxylation is 2. The van der Waals surface area contributed by atoms with E-state index in [1.807, 2.05) is 25.1 Å². The minimum atomic E-state index is -0.142. The molecule has 1 saturated heterocycles. The van der Waals surface area contributed by atoms with E-state index < -0.39 is 0 Å². The fourth-order valence-corrected chi connectivity index (χ4v) is 2.90. The van der Waals surface area contributed by atoms with Crippen LogP contribution in [0.25, 0.3) is 0 Å². The number of amides is 3. The van der Waals surface area contributed by atoms with Crippen LogP contribution in [0.3, 0.4) is 0 Å². The first-order valence-electron chi connectivity index (χ1n) is 8.15. The standard InChI is InChI=1S/C19H21N3O2/c1-3-14-6-4-5-13(2)17(14)21-18(23)15-7-9-16(10-8-15)22-12-11-20-19(22)24/h4-10H,3,11-12H2,1-2H3,(H,20,24)(H,21,23). The molecule has 1 aliphatic heterocycles. The van der Waals surface area contributed by atoms with Crippen molar-refractivity contribution in [2.75, 3.05) is 23.3 Å². The van der Waals surface area contributed by atoms with Gasteiger partial charge in [0.05, 0.1) is 0 Å². The van der Waals surface area contributed by atoms with Crippen molar-refractivity contribution in [3.05, 3.63) is 59.2 Å². The van der Waals surface area contributed by atoms with Crippen molar-refractivity contribution in [1.29, 1.82) is 0 Å². The number of carbonyl (C=O) groups is 2. The zero-order valence-electron chi connectivity index (χ0n) is 13.9. The average molecular weight is 323 g/mol. The average Bonchev–Trinajstić information content (AvgIpc) is 3.02. The Balaban J connectivity index is 1.78. The first kappa shape index (κ1) is 16.1. The highest BCUT2D eigenvalue weighted by Crippen LogP contribution is 2.23. The summed E-state index contributed by atoms with van der Waals surface area (Å²) in [6.07, 6.45) is 0.861. The Morgan fingerprint density at radius 3 is 2.58 bits per heavy atom. The van der Waals surface area contributed by atoms with Gasteiger partial charge in [-0.25, -0.2) is 4.79 Å². The van der Waals surface area contributed by atoms with Gasteiger partial charge in [-0.15, -0.1) is 0 Å². The molecule has 5 heteroatoms. The van der Waals surface area contributed by atoms with Gasteiger partial charge in [-0.3, -0.25) is 9.69 Å². The second-order valence-electron chi connectivity index (χ2n) is 5.85. The molecule has 124 valence electrons. The van der Waals surface area contributed by atoms with Gasteiger partial charge in [0.2, 0.25) is 0 Å². The molecular formula is C19H21N3O2. The third kappa shape index (κ3) is 3.11. The topological polar surface area (TPSA) is 61.4 Å². The lowest BCUT2D eigenvalue weighted by molar-refractivity contribution is 0.102. The summed E-state index contributed by atoms with van der Waals surface area (Å²) >= 11 is 0. The van der Waals surface area contributed by atoms with E-state index in [4.69, 9.17) is 0 Å². The van der Waals surface area contributed by atoms with Crippen molar-refractivity contribution in [1.82, 2.24) is 5.32 Å². The lowest BCUT2D eigenvalue weighted by atomic mass is 10.1. The molecule has 0 radical (unpaired) electrons. The van der Waals surface area contributed by atoms with Gasteiger partial charge in [-0.2, -0.15) is 0 Å². The molecule has 0 bridgehead atoms. The van der Waals surface area contributed by atoms with Gasteiger partial charge in [0.15, 0.2) is 0 Å². The molecule has 2 N–H and O–H groups in total. The van der Waals surface area contributed by atoms with Crippen LogP contribution in [0.1, 0.15) is 28.4 Å². The monoisotopic (exact) mass is 323 g/mol. The summed E-state index contributed by atoms with van der Waals surface area (Å²) in [6, 6.07) is 13.0. The van der Waals surface area contributed by atoms with Crippen LogP contribution in [0.15, 0.2) is 42.5 Å². The van der Waals surface area contributed by atoms with Crippen molar-refractivity contribution >= 4 is 23.3 Å². The molecule has 1 fully saturated rings. The molecule has 0 spiro atoms. The SMILES string of the molecule is CCc1cccc(C)c1NC(=O)c1ccc(N2CCNC2=O)cc1. The molecule has 0 saturated carbocycles. The maximum atomic E-state index is 12.5. The molecule has 3 rings (SSSR count). The van der Waals surface area contributed by atoms with Gasteiger partial charge in [-0.05, 0) is 48.7 Å².